The number of hydrogen-bond acceptors (Lipinski definition) is 2. The maximum atomic E-state index is 12.0. The number of likely N-dealkylation sites (N-methyl/N-ethyl adjacent to an activating group) is 1. The Balaban J connectivity index is 2.52. The molecule has 0 aromatic rings. The Labute approximate surface area is 86.9 Å². The molecule has 0 radical (unpaired) electrons. The summed E-state index contributed by atoms with van der Waals surface area (Å²) in [5.74, 6) is 0.280. The van der Waals surface area contributed by atoms with Crippen LogP contribution in [0.2, 0.25) is 0 Å². The number of nitrogens with zero attached hydrogens (tertiary/aromatic N) is 1. The lowest BCUT2D eigenvalue weighted by molar-refractivity contribution is -0.135. The van der Waals surface area contributed by atoms with Crippen molar-refractivity contribution in [3.8, 4) is 0 Å². The molecule has 1 aliphatic rings. The summed E-state index contributed by atoms with van der Waals surface area (Å²) in [6.07, 6.45) is 3.39. The first-order valence-corrected chi connectivity index (χ1v) is 5.70. The van der Waals surface area contributed by atoms with Crippen molar-refractivity contribution in [1.82, 2.24) is 10.2 Å². The minimum absolute atomic E-state index is 0.0751. The van der Waals surface area contributed by atoms with E-state index in [1.54, 1.807) is 0 Å². The van der Waals surface area contributed by atoms with Gasteiger partial charge in [0.05, 0.1) is 6.04 Å². The van der Waals surface area contributed by atoms with E-state index in [0.29, 0.717) is 6.04 Å². The second-order valence-electron chi connectivity index (χ2n) is 4.22. The zero-order chi connectivity index (χ0) is 10.6. The molecule has 82 valence electrons. The van der Waals surface area contributed by atoms with Gasteiger partial charge >= 0.3 is 0 Å². The number of nitrogens with one attached hydrogen (secondary N) is 1. The minimum Gasteiger partial charge on any atom is -0.339 e. The molecule has 0 unspecified atom stereocenters. The molecule has 0 aromatic heterocycles. The highest BCUT2D eigenvalue weighted by molar-refractivity contribution is 5.82. The summed E-state index contributed by atoms with van der Waals surface area (Å²) in [6.45, 7) is 8.00. The SMILES string of the molecule is CCN(C(=O)[C@@H]1CCCCN1)C(C)C. The second-order valence-corrected chi connectivity index (χ2v) is 4.22. The lowest BCUT2D eigenvalue weighted by atomic mass is 10.0. The van der Waals surface area contributed by atoms with Gasteiger partial charge in [-0.25, -0.2) is 0 Å². The van der Waals surface area contributed by atoms with Gasteiger partial charge in [-0.05, 0) is 40.2 Å². The van der Waals surface area contributed by atoms with Crippen molar-refractivity contribution in [1.29, 1.82) is 0 Å². The summed E-state index contributed by atoms with van der Waals surface area (Å²) in [4.78, 5) is 14.0. The molecule has 1 N–H and O–H groups in total. The summed E-state index contributed by atoms with van der Waals surface area (Å²) in [5, 5.41) is 3.30. The third-order valence-corrected chi connectivity index (χ3v) is 2.86. The fourth-order valence-electron chi connectivity index (χ4n) is 2.04. The molecule has 0 saturated carbocycles. The highest BCUT2D eigenvalue weighted by Gasteiger charge is 2.25. The van der Waals surface area contributed by atoms with E-state index in [1.807, 2.05) is 11.8 Å². The van der Waals surface area contributed by atoms with Crippen LogP contribution < -0.4 is 5.32 Å². The van der Waals surface area contributed by atoms with E-state index in [-0.39, 0.29) is 11.9 Å². The number of hydrogen-bond donors (Lipinski definition) is 1. The molecule has 1 saturated heterocycles. The van der Waals surface area contributed by atoms with Crippen molar-refractivity contribution in [2.45, 2.75) is 52.1 Å². The van der Waals surface area contributed by atoms with Crippen LogP contribution in [-0.2, 0) is 4.79 Å². The molecule has 0 spiro atoms. The first-order chi connectivity index (χ1) is 6.66. The van der Waals surface area contributed by atoms with E-state index >= 15 is 0 Å². The Kier molecular flexibility index (Phi) is 4.39. The van der Waals surface area contributed by atoms with Gasteiger partial charge in [0.15, 0.2) is 0 Å². The first kappa shape index (κ1) is 11.5. The standard InChI is InChI=1S/C11H22N2O/c1-4-13(9(2)3)11(14)10-7-5-6-8-12-10/h9-10,12H,4-8H2,1-3H3/t10-/m0/s1. The highest BCUT2D eigenvalue weighted by Crippen LogP contribution is 2.11. The van der Waals surface area contributed by atoms with Crippen LogP contribution in [0.15, 0.2) is 0 Å². The van der Waals surface area contributed by atoms with E-state index in [1.165, 1.54) is 12.8 Å². The van der Waals surface area contributed by atoms with Gasteiger partial charge in [0.2, 0.25) is 5.91 Å². The molecule has 1 heterocycles. The Morgan fingerprint density at radius 3 is 2.64 bits per heavy atom. The van der Waals surface area contributed by atoms with Crippen LogP contribution in [0.5, 0.6) is 0 Å². The number of rotatable bonds is 3. The first-order valence-electron chi connectivity index (χ1n) is 5.70. The van der Waals surface area contributed by atoms with Gasteiger partial charge < -0.3 is 10.2 Å². The third-order valence-electron chi connectivity index (χ3n) is 2.86. The molecule has 0 aliphatic carbocycles. The van der Waals surface area contributed by atoms with Gasteiger partial charge in [-0.3, -0.25) is 4.79 Å². The summed E-state index contributed by atoms with van der Waals surface area (Å²) >= 11 is 0. The predicted molar refractivity (Wildman–Crippen MR) is 58.2 cm³/mol. The highest BCUT2D eigenvalue weighted by atomic mass is 16.2. The largest absolute Gasteiger partial charge is 0.339 e. The smallest absolute Gasteiger partial charge is 0.239 e. The van der Waals surface area contributed by atoms with E-state index in [2.05, 4.69) is 19.2 Å². The van der Waals surface area contributed by atoms with Crippen LogP contribution in [0, 0.1) is 0 Å². The van der Waals surface area contributed by atoms with Gasteiger partial charge in [-0.15, -0.1) is 0 Å². The monoisotopic (exact) mass is 198 g/mol. The van der Waals surface area contributed by atoms with E-state index in [4.69, 9.17) is 0 Å². The fourth-order valence-corrected chi connectivity index (χ4v) is 2.04. The number of carbonyl (C=O) groups excluding carboxylic acids is 1. The Morgan fingerprint density at radius 2 is 2.21 bits per heavy atom. The van der Waals surface area contributed by atoms with E-state index < -0.39 is 0 Å². The molecule has 3 heteroatoms. The van der Waals surface area contributed by atoms with Crippen LogP contribution in [0.25, 0.3) is 0 Å². The van der Waals surface area contributed by atoms with Gasteiger partial charge in [0.25, 0.3) is 0 Å². The Hall–Kier alpha value is -0.570. The van der Waals surface area contributed by atoms with Crippen molar-refractivity contribution >= 4 is 5.91 Å². The summed E-state index contributed by atoms with van der Waals surface area (Å²) in [5.41, 5.74) is 0. The van der Waals surface area contributed by atoms with Crippen molar-refractivity contribution in [3.05, 3.63) is 0 Å². The summed E-state index contributed by atoms with van der Waals surface area (Å²) < 4.78 is 0. The zero-order valence-electron chi connectivity index (χ0n) is 9.55. The van der Waals surface area contributed by atoms with Crippen LogP contribution in [0.3, 0.4) is 0 Å². The maximum Gasteiger partial charge on any atom is 0.239 e. The molecule has 1 amide bonds. The lowest BCUT2D eigenvalue weighted by Gasteiger charge is -2.31. The average Bonchev–Trinajstić information content (AvgIpc) is 2.19. The fraction of sp³-hybridized carbons (Fsp3) is 0.909. The molecule has 0 bridgehead atoms. The average molecular weight is 198 g/mol. The Bertz CT molecular complexity index is 186. The van der Waals surface area contributed by atoms with E-state index in [9.17, 15) is 4.79 Å². The van der Waals surface area contributed by atoms with Gasteiger partial charge in [0.1, 0.15) is 0 Å². The molecule has 1 aliphatic heterocycles. The maximum absolute atomic E-state index is 12.0. The normalized spacial score (nSPS) is 22.4. The number of amides is 1. The van der Waals surface area contributed by atoms with Crippen LogP contribution in [0.4, 0.5) is 0 Å². The topological polar surface area (TPSA) is 32.3 Å². The summed E-state index contributed by atoms with van der Waals surface area (Å²) in [7, 11) is 0. The third kappa shape index (κ3) is 2.71. The van der Waals surface area contributed by atoms with Crippen molar-refractivity contribution in [2.24, 2.45) is 0 Å². The molecule has 1 fully saturated rings. The molecule has 1 atom stereocenters. The minimum atomic E-state index is 0.0751. The lowest BCUT2D eigenvalue weighted by Crippen LogP contribution is -2.50. The van der Waals surface area contributed by atoms with Crippen LogP contribution in [0.1, 0.15) is 40.0 Å². The zero-order valence-corrected chi connectivity index (χ0v) is 9.55. The molecule has 14 heavy (non-hydrogen) atoms. The molecule has 3 nitrogen and oxygen atoms in total. The van der Waals surface area contributed by atoms with Crippen molar-refractivity contribution < 1.29 is 4.79 Å². The second kappa shape index (κ2) is 5.35. The Morgan fingerprint density at radius 1 is 1.50 bits per heavy atom. The molecule has 1 rings (SSSR count). The van der Waals surface area contributed by atoms with Gasteiger partial charge in [0, 0.05) is 12.6 Å². The quantitative estimate of drug-likeness (QED) is 0.743. The number of piperidine rings is 1. The van der Waals surface area contributed by atoms with Crippen LogP contribution in [-0.4, -0.2) is 36.0 Å². The summed E-state index contributed by atoms with van der Waals surface area (Å²) in [6, 6.07) is 0.391. The molecule has 0 aromatic carbocycles. The van der Waals surface area contributed by atoms with Crippen LogP contribution >= 0.6 is 0 Å². The van der Waals surface area contributed by atoms with Crippen molar-refractivity contribution in [2.75, 3.05) is 13.1 Å². The molecular formula is C11H22N2O. The van der Waals surface area contributed by atoms with Gasteiger partial charge in [-0.1, -0.05) is 6.42 Å². The van der Waals surface area contributed by atoms with Gasteiger partial charge in [-0.2, -0.15) is 0 Å². The number of carbonyl (C=O) groups is 1. The van der Waals surface area contributed by atoms with Crippen molar-refractivity contribution in [3.63, 3.8) is 0 Å². The predicted octanol–water partition coefficient (Wildman–Crippen LogP) is 1.39. The van der Waals surface area contributed by atoms with E-state index in [0.717, 1.165) is 19.5 Å². The molecular weight excluding hydrogens is 176 g/mol.